The molecule has 6 heteroatoms. The van der Waals surface area contributed by atoms with Gasteiger partial charge in [-0.15, -0.1) is 0 Å². The van der Waals surface area contributed by atoms with Gasteiger partial charge in [0, 0.05) is 28.0 Å². The van der Waals surface area contributed by atoms with E-state index in [0.717, 1.165) is 15.8 Å². The number of hydrogen-bond donors (Lipinski definition) is 3. The highest BCUT2D eigenvalue weighted by molar-refractivity contribution is 9.10. The van der Waals surface area contributed by atoms with Crippen LogP contribution in [0.4, 0.5) is 11.4 Å². The lowest BCUT2D eigenvalue weighted by atomic mass is 10.2. The molecule has 0 atom stereocenters. The minimum atomic E-state index is -0.139. The van der Waals surface area contributed by atoms with Crippen molar-refractivity contribution in [3.63, 3.8) is 0 Å². The summed E-state index contributed by atoms with van der Waals surface area (Å²) in [5, 5.41) is 8.56. The van der Waals surface area contributed by atoms with Gasteiger partial charge in [-0.05, 0) is 55.5 Å². The molecule has 0 spiro atoms. The molecule has 0 bridgehead atoms. The summed E-state index contributed by atoms with van der Waals surface area (Å²) in [4.78, 5) is 23.5. The number of carbonyl (C=O) groups is 2. The van der Waals surface area contributed by atoms with E-state index in [9.17, 15) is 9.59 Å². The molecule has 0 aromatic heterocycles. The standard InChI is InChI=1S/C17H18BrN3O2/c1-2-19-17(23)12-3-7-14(8-4-12)20-11-16(22)21-15-9-5-13(18)6-10-15/h3-10,20H,2,11H2,1H3,(H,19,23)(H,21,22). The minimum Gasteiger partial charge on any atom is -0.376 e. The maximum atomic E-state index is 11.9. The van der Waals surface area contributed by atoms with E-state index < -0.39 is 0 Å². The average molecular weight is 376 g/mol. The number of halogens is 1. The minimum absolute atomic E-state index is 0.105. The summed E-state index contributed by atoms with van der Waals surface area (Å²) in [6.07, 6.45) is 0. The summed E-state index contributed by atoms with van der Waals surface area (Å²) in [7, 11) is 0. The van der Waals surface area contributed by atoms with Gasteiger partial charge in [-0.2, -0.15) is 0 Å². The van der Waals surface area contributed by atoms with E-state index in [1.165, 1.54) is 0 Å². The molecule has 0 aliphatic rings. The van der Waals surface area contributed by atoms with Crippen LogP contribution in [0, 0.1) is 0 Å². The molecular formula is C17H18BrN3O2. The van der Waals surface area contributed by atoms with Crippen LogP contribution < -0.4 is 16.0 Å². The summed E-state index contributed by atoms with van der Waals surface area (Å²) in [5.41, 5.74) is 2.12. The fourth-order valence-corrected chi connectivity index (χ4v) is 2.19. The van der Waals surface area contributed by atoms with Crippen molar-refractivity contribution in [1.29, 1.82) is 0 Å². The van der Waals surface area contributed by atoms with Crippen molar-refractivity contribution in [1.82, 2.24) is 5.32 Å². The first-order chi connectivity index (χ1) is 11.1. The number of hydrogen-bond acceptors (Lipinski definition) is 3. The highest BCUT2D eigenvalue weighted by atomic mass is 79.9. The summed E-state index contributed by atoms with van der Waals surface area (Å²) in [6, 6.07) is 14.4. The maximum Gasteiger partial charge on any atom is 0.251 e. The number of rotatable bonds is 6. The van der Waals surface area contributed by atoms with E-state index >= 15 is 0 Å². The summed E-state index contributed by atoms with van der Waals surface area (Å²) < 4.78 is 0.959. The fourth-order valence-electron chi connectivity index (χ4n) is 1.92. The summed E-state index contributed by atoms with van der Waals surface area (Å²) in [5.74, 6) is -0.243. The molecule has 2 rings (SSSR count). The fraction of sp³-hybridized carbons (Fsp3) is 0.176. The Balaban J connectivity index is 1.84. The number of nitrogens with one attached hydrogen (secondary N) is 3. The van der Waals surface area contributed by atoms with Gasteiger partial charge < -0.3 is 16.0 Å². The predicted molar refractivity (Wildman–Crippen MR) is 95.7 cm³/mol. The van der Waals surface area contributed by atoms with E-state index in [-0.39, 0.29) is 18.4 Å². The van der Waals surface area contributed by atoms with Crippen LogP contribution in [-0.2, 0) is 4.79 Å². The van der Waals surface area contributed by atoms with E-state index in [4.69, 9.17) is 0 Å². The van der Waals surface area contributed by atoms with Gasteiger partial charge >= 0.3 is 0 Å². The van der Waals surface area contributed by atoms with Crippen LogP contribution in [0.2, 0.25) is 0 Å². The molecule has 0 fully saturated rings. The van der Waals surface area contributed by atoms with Gasteiger partial charge in [-0.25, -0.2) is 0 Å². The first-order valence-corrected chi connectivity index (χ1v) is 8.05. The second-order valence-electron chi connectivity index (χ2n) is 4.85. The van der Waals surface area contributed by atoms with E-state index in [0.29, 0.717) is 12.1 Å². The van der Waals surface area contributed by atoms with Crippen LogP contribution >= 0.6 is 15.9 Å². The van der Waals surface area contributed by atoms with Crippen molar-refractivity contribution in [2.45, 2.75) is 6.92 Å². The SMILES string of the molecule is CCNC(=O)c1ccc(NCC(=O)Nc2ccc(Br)cc2)cc1. The van der Waals surface area contributed by atoms with Crippen molar-refractivity contribution < 1.29 is 9.59 Å². The lowest BCUT2D eigenvalue weighted by molar-refractivity contribution is -0.114. The van der Waals surface area contributed by atoms with Crippen LogP contribution in [0.1, 0.15) is 17.3 Å². The van der Waals surface area contributed by atoms with E-state index in [1.807, 2.05) is 31.2 Å². The second-order valence-corrected chi connectivity index (χ2v) is 5.76. The molecule has 0 heterocycles. The van der Waals surface area contributed by atoms with Crippen molar-refractivity contribution >= 4 is 39.1 Å². The monoisotopic (exact) mass is 375 g/mol. The molecule has 0 aliphatic heterocycles. The molecule has 2 aromatic carbocycles. The van der Waals surface area contributed by atoms with Crippen LogP contribution in [0.25, 0.3) is 0 Å². The van der Waals surface area contributed by atoms with E-state index in [2.05, 4.69) is 31.9 Å². The lowest BCUT2D eigenvalue weighted by Gasteiger charge is -2.09. The number of benzene rings is 2. The zero-order valence-electron chi connectivity index (χ0n) is 12.7. The zero-order chi connectivity index (χ0) is 16.7. The molecule has 0 saturated heterocycles. The predicted octanol–water partition coefficient (Wildman–Crippen LogP) is 3.25. The Morgan fingerprint density at radius 1 is 0.957 bits per heavy atom. The van der Waals surface area contributed by atoms with Crippen LogP contribution in [0.3, 0.4) is 0 Å². The molecule has 0 radical (unpaired) electrons. The van der Waals surface area contributed by atoms with Gasteiger partial charge in [0.25, 0.3) is 5.91 Å². The Morgan fingerprint density at radius 2 is 1.57 bits per heavy atom. The van der Waals surface area contributed by atoms with Gasteiger partial charge in [0.2, 0.25) is 5.91 Å². The molecule has 5 nitrogen and oxygen atoms in total. The largest absolute Gasteiger partial charge is 0.376 e. The molecule has 0 saturated carbocycles. The van der Waals surface area contributed by atoms with Gasteiger partial charge in [-0.1, -0.05) is 15.9 Å². The third kappa shape index (κ3) is 5.41. The Hall–Kier alpha value is -2.34. The third-order valence-corrected chi connectivity index (χ3v) is 3.59. The van der Waals surface area contributed by atoms with Crippen LogP contribution in [-0.4, -0.2) is 24.9 Å². The van der Waals surface area contributed by atoms with Crippen molar-refractivity contribution in [3.05, 3.63) is 58.6 Å². The number of carbonyl (C=O) groups excluding carboxylic acids is 2. The van der Waals surface area contributed by atoms with Gasteiger partial charge in [0.15, 0.2) is 0 Å². The smallest absolute Gasteiger partial charge is 0.251 e. The molecular weight excluding hydrogens is 358 g/mol. The number of anilines is 2. The van der Waals surface area contributed by atoms with Gasteiger partial charge in [0.05, 0.1) is 6.54 Å². The highest BCUT2D eigenvalue weighted by Gasteiger charge is 2.05. The molecule has 0 aliphatic carbocycles. The molecule has 23 heavy (non-hydrogen) atoms. The first-order valence-electron chi connectivity index (χ1n) is 7.26. The zero-order valence-corrected chi connectivity index (χ0v) is 14.3. The molecule has 3 N–H and O–H groups in total. The van der Waals surface area contributed by atoms with Crippen LogP contribution in [0.5, 0.6) is 0 Å². The number of amides is 2. The Kier molecular flexibility index (Phi) is 6.17. The maximum absolute atomic E-state index is 11.9. The first kappa shape index (κ1) is 17.0. The Morgan fingerprint density at radius 3 is 2.17 bits per heavy atom. The molecule has 120 valence electrons. The Labute approximate surface area is 143 Å². The van der Waals surface area contributed by atoms with Gasteiger partial charge in [-0.3, -0.25) is 9.59 Å². The topological polar surface area (TPSA) is 70.2 Å². The Bertz CT molecular complexity index is 669. The summed E-state index contributed by atoms with van der Waals surface area (Å²) in [6.45, 7) is 2.61. The van der Waals surface area contributed by atoms with Crippen molar-refractivity contribution in [2.75, 3.05) is 23.7 Å². The van der Waals surface area contributed by atoms with Crippen molar-refractivity contribution in [3.8, 4) is 0 Å². The average Bonchev–Trinajstić information content (AvgIpc) is 2.56. The van der Waals surface area contributed by atoms with Crippen molar-refractivity contribution in [2.24, 2.45) is 0 Å². The van der Waals surface area contributed by atoms with Gasteiger partial charge in [0.1, 0.15) is 0 Å². The quantitative estimate of drug-likeness (QED) is 0.725. The summed E-state index contributed by atoms with van der Waals surface area (Å²) >= 11 is 3.35. The highest BCUT2D eigenvalue weighted by Crippen LogP contribution is 2.14. The molecule has 2 amide bonds. The van der Waals surface area contributed by atoms with Crippen LogP contribution in [0.15, 0.2) is 53.0 Å². The third-order valence-electron chi connectivity index (χ3n) is 3.07. The van der Waals surface area contributed by atoms with E-state index in [1.54, 1.807) is 24.3 Å². The molecule has 2 aromatic rings. The molecule has 0 unspecified atom stereocenters. The second kappa shape index (κ2) is 8.33. The normalized spacial score (nSPS) is 10.0. The lowest BCUT2D eigenvalue weighted by Crippen LogP contribution is -2.23.